The van der Waals surface area contributed by atoms with Crippen molar-refractivity contribution in [2.24, 2.45) is 5.92 Å². The van der Waals surface area contributed by atoms with Gasteiger partial charge in [0.15, 0.2) is 5.16 Å². The second-order valence-electron chi connectivity index (χ2n) is 8.30. The second-order valence-corrected chi connectivity index (χ2v) is 9.24. The molecule has 1 aromatic carbocycles. The summed E-state index contributed by atoms with van der Waals surface area (Å²) in [6.07, 6.45) is 0.0259. The van der Waals surface area contributed by atoms with Crippen molar-refractivity contribution in [3.05, 3.63) is 23.8 Å². The summed E-state index contributed by atoms with van der Waals surface area (Å²) in [5, 5.41) is 3.76. The number of amides is 1. The lowest BCUT2D eigenvalue weighted by atomic mass is 10.2. The number of thioether (sulfide) groups is 1. The van der Waals surface area contributed by atoms with Crippen LogP contribution >= 0.6 is 11.8 Å². The van der Waals surface area contributed by atoms with Gasteiger partial charge in [0.2, 0.25) is 5.91 Å². The molecule has 0 saturated carbocycles. The predicted octanol–water partition coefficient (Wildman–Crippen LogP) is 2.80. The molecular weight excluding hydrogens is 428 g/mol. The average Bonchev–Trinajstić information content (AvgIpc) is 3.13. The molecule has 1 aromatic heterocycles. The summed E-state index contributed by atoms with van der Waals surface area (Å²) >= 11 is 1.40. The van der Waals surface area contributed by atoms with Crippen LogP contribution in [0.25, 0.3) is 11.0 Å². The zero-order chi connectivity index (χ0) is 23.1. The maximum Gasteiger partial charge on any atom is 0.338 e. The van der Waals surface area contributed by atoms with Crippen LogP contribution in [0.4, 0.5) is 0 Å². The van der Waals surface area contributed by atoms with Crippen LogP contribution in [0.15, 0.2) is 23.4 Å². The lowest BCUT2D eigenvalue weighted by Crippen LogP contribution is -2.48. The lowest BCUT2D eigenvalue weighted by Gasteiger charge is -2.33. The van der Waals surface area contributed by atoms with E-state index in [1.165, 1.54) is 11.8 Å². The number of aromatic nitrogens is 2. The first-order valence-corrected chi connectivity index (χ1v) is 12.3. The predicted molar refractivity (Wildman–Crippen MR) is 126 cm³/mol. The monoisotopic (exact) mass is 462 g/mol. The summed E-state index contributed by atoms with van der Waals surface area (Å²) in [6.45, 7) is 13.4. The van der Waals surface area contributed by atoms with Gasteiger partial charge in [-0.05, 0) is 38.0 Å². The minimum atomic E-state index is -0.356. The Hall–Kier alpha value is -2.10. The number of morpholine rings is 1. The van der Waals surface area contributed by atoms with Crippen molar-refractivity contribution < 1.29 is 19.1 Å². The topological polar surface area (TPSA) is 85.7 Å². The molecular formula is C23H34N4O4S. The number of fused-ring (bicyclic) bond motifs is 1. The van der Waals surface area contributed by atoms with E-state index in [1.807, 2.05) is 13.0 Å². The molecule has 0 unspecified atom stereocenters. The van der Waals surface area contributed by atoms with Gasteiger partial charge in [0.25, 0.3) is 0 Å². The third-order valence-electron chi connectivity index (χ3n) is 5.25. The Morgan fingerprint density at radius 3 is 2.88 bits per heavy atom. The van der Waals surface area contributed by atoms with Gasteiger partial charge in [0.05, 0.1) is 41.7 Å². The third-order valence-corrected chi connectivity index (χ3v) is 6.22. The molecule has 0 radical (unpaired) electrons. The molecule has 2 heterocycles. The van der Waals surface area contributed by atoms with E-state index in [4.69, 9.17) is 9.47 Å². The van der Waals surface area contributed by atoms with E-state index in [9.17, 15) is 9.59 Å². The normalized spacial score (nSPS) is 17.1. The molecule has 32 heavy (non-hydrogen) atoms. The maximum absolute atomic E-state index is 12.4. The van der Waals surface area contributed by atoms with E-state index in [2.05, 4.69) is 33.6 Å². The number of carbonyl (C=O) groups is 2. The van der Waals surface area contributed by atoms with Gasteiger partial charge in [-0.3, -0.25) is 9.69 Å². The summed E-state index contributed by atoms with van der Waals surface area (Å²) in [4.78, 5) is 31.5. The molecule has 1 N–H and O–H groups in total. The summed E-state index contributed by atoms with van der Waals surface area (Å²) in [5.74, 6) is 0.495. The first kappa shape index (κ1) is 24.5. The summed E-state index contributed by atoms with van der Waals surface area (Å²) in [6, 6.07) is 5.38. The molecule has 8 nitrogen and oxygen atoms in total. The molecule has 176 valence electrons. The third kappa shape index (κ3) is 6.46. The fraction of sp³-hybridized carbons (Fsp3) is 0.609. The average molecular weight is 463 g/mol. The number of nitrogens with zero attached hydrogens (tertiary/aromatic N) is 3. The van der Waals surface area contributed by atoms with Crippen LogP contribution in [0.5, 0.6) is 0 Å². The van der Waals surface area contributed by atoms with Crippen LogP contribution in [0.1, 0.15) is 38.1 Å². The van der Waals surface area contributed by atoms with Crippen molar-refractivity contribution in [3.63, 3.8) is 0 Å². The summed E-state index contributed by atoms with van der Waals surface area (Å²) in [5.41, 5.74) is 2.14. The van der Waals surface area contributed by atoms with Gasteiger partial charge < -0.3 is 19.4 Å². The number of rotatable bonds is 10. The molecule has 1 aliphatic rings. The van der Waals surface area contributed by atoms with E-state index >= 15 is 0 Å². The SMILES string of the molecule is CCOC(=O)c1ccc2c(c1)nc(SCC(=O)NC[C@@H]1CN(CC(C)C)CCO1)n2CC. The van der Waals surface area contributed by atoms with Gasteiger partial charge in [-0.25, -0.2) is 9.78 Å². The van der Waals surface area contributed by atoms with Crippen LogP contribution in [0, 0.1) is 5.92 Å². The molecule has 0 aliphatic carbocycles. The number of aryl methyl sites for hydroxylation is 1. The highest BCUT2D eigenvalue weighted by Crippen LogP contribution is 2.25. The Kier molecular flexibility index (Phi) is 8.95. The van der Waals surface area contributed by atoms with Crippen LogP contribution in [-0.2, 0) is 20.8 Å². The van der Waals surface area contributed by atoms with Crippen molar-refractivity contribution >= 4 is 34.7 Å². The van der Waals surface area contributed by atoms with Gasteiger partial charge in [-0.2, -0.15) is 0 Å². The summed E-state index contributed by atoms with van der Waals surface area (Å²) < 4.78 is 12.9. The first-order chi connectivity index (χ1) is 15.4. The van der Waals surface area contributed by atoms with Crippen molar-refractivity contribution in [1.82, 2.24) is 19.8 Å². The van der Waals surface area contributed by atoms with Gasteiger partial charge >= 0.3 is 5.97 Å². The molecule has 2 aromatic rings. The fourth-order valence-electron chi connectivity index (χ4n) is 3.86. The van der Waals surface area contributed by atoms with Crippen molar-refractivity contribution in [2.75, 3.05) is 45.1 Å². The van der Waals surface area contributed by atoms with E-state index in [-0.39, 0.29) is 23.7 Å². The number of ether oxygens (including phenoxy) is 2. The molecule has 0 bridgehead atoms. The lowest BCUT2D eigenvalue weighted by molar-refractivity contribution is -0.119. The highest BCUT2D eigenvalue weighted by atomic mass is 32.2. The Balaban J connectivity index is 1.55. The van der Waals surface area contributed by atoms with Gasteiger partial charge in [0.1, 0.15) is 0 Å². The van der Waals surface area contributed by atoms with Crippen molar-refractivity contribution in [3.8, 4) is 0 Å². The zero-order valence-corrected chi connectivity index (χ0v) is 20.2. The van der Waals surface area contributed by atoms with Gasteiger partial charge in [-0.15, -0.1) is 0 Å². The van der Waals surface area contributed by atoms with Crippen LogP contribution in [-0.4, -0.2) is 77.6 Å². The second kappa shape index (κ2) is 11.7. The van der Waals surface area contributed by atoms with E-state index in [0.717, 1.165) is 42.4 Å². The van der Waals surface area contributed by atoms with Crippen molar-refractivity contribution in [1.29, 1.82) is 0 Å². The zero-order valence-electron chi connectivity index (χ0n) is 19.4. The number of imidazole rings is 1. The van der Waals surface area contributed by atoms with Crippen LogP contribution in [0.2, 0.25) is 0 Å². The highest BCUT2D eigenvalue weighted by Gasteiger charge is 2.22. The molecule has 1 fully saturated rings. The Morgan fingerprint density at radius 1 is 1.34 bits per heavy atom. The molecule has 3 rings (SSSR count). The standard InChI is InChI=1S/C23H34N4O4S/c1-5-27-20-8-7-17(22(29)30-6-2)11-19(20)25-23(27)32-15-21(28)24-12-18-14-26(9-10-31-18)13-16(3)4/h7-8,11,16,18H,5-6,9-10,12-15H2,1-4H3,(H,24,28)/t18-/m1/s1. The number of nitrogens with one attached hydrogen (secondary N) is 1. The van der Waals surface area contributed by atoms with E-state index in [0.29, 0.717) is 31.2 Å². The molecule has 1 atom stereocenters. The number of carbonyl (C=O) groups excluding carboxylic acids is 2. The molecule has 1 aliphatic heterocycles. The highest BCUT2D eigenvalue weighted by molar-refractivity contribution is 7.99. The Bertz CT molecular complexity index is 930. The smallest absolute Gasteiger partial charge is 0.338 e. The quantitative estimate of drug-likeness (QED) is 0.429. The first-order valence-electron chi connectivity index (χ1n) is 11.3. The fourth-order valence-corrected chi connectivity index (χ4v) is 4.77. The number of esters is 1. The van der Waals surface area contributed by atoms with Gasteiger partial charge in [-0.1, -0.05) is 25.6 Å². The summed E-state index contributed by atoms with van der Waals surface area (Å²) in [7, 11) is 0. The maximum atomic E-state index is 12.4. The number of benzene rings is 1. The number of hydrogen-bond acceptors (Lipinski definition) is 7. The van der Waals surface area contributed by atoms with Crippen LogP contribution < -0.4 is 5.32 Å². The van der Waals surface area contributed by atoms with Crippen molar-refractivity contribution in [2.45, 2.75) is 45.5 Å². The Labute approximate surface area is 194 Å². The largest absolute Gasteiger partial charge is 0.462 e. The molecule has 1 saturated heterocycles. The minimum Gasteiger partial charge on any atom is -0.462 e. The number of hydrogen-bond donors (Lipinski definition) is 1. The molecule has 9 heteroatoms. The molecule has 0 spiro atoms. The van der Waals surface area contributed by atoms with E-state index in [1.54, 1.807) is 19.1 Å². The van der Waals surface area contributed by atoms with Gasteiger partial charge in [0, 0.05) is 32.7 Å². The van der Waals surface area contributed by atoms with E-state index < -0.39 is 0 Å². The molecule has 1 amide bonds. The minimum absolute atomic E-state index is 0.0259. The Morgan fingerprint density at radius 2 is 2.16 bits per heavy atom. The van der Waals surface area contributed by atoms with Crippen LogP contribution in [0.3, 0.4) is 0 Å².